The Morgan fingerprint density at radius 3 is 0.833 bits per heavy atom. The molecule has 0 atom stereocenters. The van der Waals surface area contributed by atoms with Gasteiger partial charge in [0.15, 0.2) is 0 Å². The van der Waals surface area contributed by atoms with Gasteiger partial charge in [-0.2, -0.15) is 0 Å². The van der Waals surface area contributed by atoms with Crippen LogP contribution in [0.15, 0.2) is 24.3 Å². The van der Waals surface area contributed by atoms with Gasteiger partial charge in [0.1, 0.15) is 0 Å². The fraction of sp³-hybridized carbons (Fsp3) is 0.769. The molecular formula is C26H50O2Si2. The van der Waals surface area contributed by atoms with Gasteiger partial charge in [-0.3, -0.25) is 0 Å². The molecule has 30 heavy (non-hydrogen) atoms. The fourth-order valence-electron chi connectivity index (χ4n) is 5.26. The molecule has 0 heterocycles. The summed E-state index contributed by atoms with van der Waals surface area (Å²) in [6.45, 7) is 31.9. The zero-order valence-electron chi connectivity index (χ0n) is 22.4. The second-order valence-electron chi connectivity index (χ2n) is 12.2. The van der Waals surface area contributed by atoms with Gasteiger partial charge in [-0.15, -0.1) is 0 Å². The summed E-state index contributed by atoms with van der Waals surface area (Å²) < 4.78 is 13.9. The SMILES string of the molecule is CC(C)[Si](OC(C)(C)C)(c1ccc([Si](OC(C)(C)C)(C(C)C)C(C)C)cc1)C(C)C. The van der Waals surface area contributed by atoms with E-state index in [0.29, 0.717) is 22.2 Å². The first kappa shape index (κ1) is 27.6. The lowest BCUT2D eigenvalue weighted by molar-refractivity contribution is 0.114. The topological polar surface area (TPSA) is 18.5 Å². The molecule has 1 rings (SSSR count). The lowest BCUT2D eigenvalue weighted by atomic mass is 10.2. The molecule has 0 aliphatic rings. The summed E-state index contributed by atoms with van der Waals surface area (Å²) in [6, 6.07) is 9.52. The van der Waals surface area contributed by atoms with Crippen molar-refractivity contribution in [3.8, 4) is 0 Å². The zero-order valence-corrected chi connectivity index (χ0v) is 24.4. The number of benzene rings is 1. The summed E-state index contributed by atoms with van der Waals surface area (Å²) in [5, 5.41) is 2.83. The van der Waals surface area contributed by atoms with E-state index in [1.54, 1.807) is 0 Å². The second-order valence-corrected chi connectivity index (χ2v) is 21.6. The monoisotopic (exact) mass is 450 g/mol. The van der Waals surface area contributed by atoms with Crippen LogP contribution in [0, 0.1) is 0 Å². The van der Waals surface area contributed by atoms with Crippen molar-refractivity contribution < 1.29 is 8.85 Å². The molecule has 0 fully saturated rings. The largest absolute Gasteiger partial charge is 0.407 e. The minimum atomic E-state index is -2.17. The lowest BCUT2D eigenvalue weighted by Gasteiger charge is -2.45. The Kier molecular flexibility index (Phi) is 8.83. The van der Waals surface area contributed by atoms with Crippen molar-refractivity contribution in [3.05, 3.63) is 24.3 Å². The van der Waals surface area contributed by atoms with Crippen LogP contribution >= 0.6 is 0 Å². The minimum Gasteiger partial charge on any atom is -0.407 e. The second kappa shape index (κ2) is 9.60. The summed E-state index contributed by atoms with van der Waals surface area (Å²) >= 11 is 0. The Morgan fingerprint density at radius 1 is 0.500 bits per heavy atom. The molecule has 0 saturated carbocycles. The average Bonchev–Trinajstić information content (AvgIpc) is 2.55. The van der Waals surface area contributed by atoms with E-state index >= 15 is 0 Å². The van der Waals surface area contributed by atoms with Crippen LogP contribution in [0.5, 0.6) is 0 Å². The normalized spacial score (nSPS) is 14.5. The summed E-state index contributed by atoms with van der Waals surface area (Å²) in [6.07, 6.45) is 0. The van der Waals surface area contributed by atoms with E-state index in [-0.39, 0.29) is 11.2 Å². The Morgan fingerprint density at radius 2 is 0.700 bits per heavy atom. The average molecular weight is 451 g/mol. The van der Waals surface area contributed by atoms with Gasteiger partial charge in [-0.25, -0.2) is 0 Å². The highest BCUT2D eigenvalue weighted by Crippen LogP contribution is 2.38. The molecule has 4 heteroatoms. The first-order valence-corrected chi connectivity index (χ1v) is 16.0. The Labute approximate surface area is 190 Å². The van der Waals surface area contributed by atoms with Gasteiger partial charge < -0.3 is 8.85 Å². The van der Waals surface area contributed by atoms with Crippen LogP contribution in [0.1, 0.15) is 96.9 Å². The van der Waals surface area contributed by atoms with E-state index in [1.807, 2.05) is 0 Å². The van der Waals surface area contributed by atoms with E-state index in [9.17, 15) is 0 Å². The third kappa shape index (κ3) is 5.87. The van der Waals surface area contributed by atoms with Crippen LogP contribution in [0.25, 0.3) is 0 Å². The molecule has 1 aromatic rings. The predicted molar refractivity (Wildman–Crippen MR) is 139 cm³/mol. The maximum atomic E-state index is 6.95. The molecule has 0 bridgehead atoms. The van der Waals surface area contributed by atoms with Crippen molar-refractivity contribution in [2.24, 2.45) is 0 Å². The zero-order chi connectivity index (χ0) is 23.7. The van der Waals surface area contributed by atoms with Gasteiger partial charge in [0, 0.05) is 11.2 Å². The Balaban J connectivity index is 3.64. The van der Waals surface area contributed by atoms with Crippen molar-refractivity contribution in [3.63, 3.8) is 0 Å². The van der Waals surface area contributed by atoms with Gasteiger partial charge in [0.2, 0.25) is 16.6 Å². The van der Waals surface area contributed by atoms with E-state index in [1.165, 1.54) is 10.4 Å². The Bertz CT molecular complexity index is 587. The fourth-order valence-corrected chi connectivity index (χ4v) is 15.2. The van der Waals surface area contributed by atoms with Crippen LogP contribution in [0.2, 0.25) is 22.2 Å². The maximum Gasteiger partial charge on any atom is 0.229 e. The quantitative estimate of drug-likeness (QED) is 0.388. The first-order valence-electron chi connectivity index (χ1n) is 11.9. The molecule has 0 unspecified atom stereocenters. The maximum absolute atomic E-state index is 6.95. The van der Waals surface area contributed by atoms with E-state index < -0.39 is 16.6 Å². The molecule has 0 amide bonds. The summed E-state index contributed by atoms with van der Waals surface area (Å²) in [7, 11) is -4.34. The predicted octanol–water partition coefficient (Wildman–Crippen LogP) is 7.26. The molecule has 0 radical (unpaired) electrons. The third-order valence-corrected chi connectivity index (χ3v) is 17.4. The van der Waals surface area contributed by atoms with Crippen molar-refractivity contribution in [2.45, 2.75) is 130 Å². The molecular weight excluding hydrogens is 400 g/mol. The molecule has 0 N–H and O–H groups in total. The van der Waals surface area contributed by atoms with Gasteiger partial charge in [-0.05, 0) is 74.1 Å². The van der Waals surface area contributed by atoms with Crippen molar-refractivity contribution in [1.82, 2.24) is 0 Å². The molecule has 0 aliphatic carbocycles. The highest BCUT2D eigenvalue weighted by atomic mass is 28.4. The van der Waals surface area contributed by atoms with Crippen LogP contribution in [-0.4, -0.2) is 27.8 Å². The first-order chi connectivity index (χ1) is 13.4. The van der Waals surface area contributed by atoms with Crippen molar-refractivity contribution >= 4 is 27.0 Å². The van der Waals surface area contributed by atoms with Crippen LogP contribution in [-0.2, 0) is 8.85 Å². The highest BCUT2D eigenvalue weighted by molar-refractivity contribution is 6.90. The molecule has 1 aromatic carbocycles. The molecule has 174 valence electrons. The van der Waals surface area contributed by atoms with Gasteiger partial charge in [-0.1, -0.05) is 79.7 Å². The van der Waals surface area contributed by atoms with Crippen molar-refractivity contribution in [1.29, 1.82) is 0 Å². The van der Waals surface area contributed by atoms with E-state index in [0.717, 1.165) is 0 Å². The lowest BCUT2D eigenvalue weighted by Crippen LogP contribution is -2.61. The molecule has 2 nitrogen and oxygen atoms in total. The number of rotatable bonds is 8. The van der Waals surface area contributed by atoms with Gasteiger partial charge >= 0.3 is 0 Å². The molecule has 0 spiro atoms. The number of hydrogen-bond acceptors (Lipinski definition) is 2. The smallest absolute Gasteiger partial charge is 0.229 e. The minimum absolute atomic E-state index is 0.150. The molecule has 0 aromatic heterocycles. The van der Waals surface area contributed by atoms with Crippen molar-refractivity contribution in [2.75, 3.05) is 0 Å². The Hall–Kier alpha value is -0.426. The van der Waals surface area contributed by atoms with Gasteiger partial charge in [0.05, 0.1) is 0 Å². The highest BCUT2D eigenvalue weighted by Gasteiger charge is 2.49. The molecule has 0 aliphatic heterocycles. The van der Waals surface area contributed by atoms with Gasteiger partial charge in [0.25, 0.3) is 0 Å². The standard InChI is InChI=1S/C26H50O2Si2/c1-19(2)29(20(3)4,27-25(9,10)11)23-15-17-24(18-16-23)30(21(5)6,22(7)8)28-26(12,13)14/h15-22H,1-14H3. The summed E-state index contributed by atoms with van der Waals surface area (Å²) in [4.78, 5) is 0. The summed E-state index contributed by atoms with van der Waals surface area (Å²) in [5.41, 5.74) is 1.72. The van der Waals surface area contributed by atoms with Crippen LogP contribution < -0.4 is 10.4 Å². The van der Waals surface area contributed by atoms with E-state index in [4.69, 9.17) is 8.85 Å². The summed E-state index contributed by atoms with van der Waals surface area (Å²) in [5.74, 6) is 0. The third-order valence-electron chi connectivity index (χ3n) is 6.17. The van der Waals surface area contributed by atoms with E-state index in [2.05, 4.69) is 121 Å². The molecule has 0 saturated heterocycles. The van der Waals surface area contributed by atoms with Crippen LogP contribution in [0.4, 0.5) is 0 Å². The number of hydrogen-bond donors (Lipinski definition) is 0. The van der Waals surface area contributed by atoms with Crippen LogP contribution in [0.3, 0.4) is 0 Å².